The average molecular weight is 256 g/mol. The van der Waals surface area contributed by atoms with Gasteiger partial charge in [0.05, 0.1) is 6.42 Å². The van der Waals surface area contributed by atoms with Crippen molar-refractivity contribution in [2.75, 3.05) is 0 Å². The minimum Gasteiger partial charge on any atom is -0.481 e. The van der Waals surface area contributed by atoms with E-state index in [1.165, 1.54) is 6.92 Å². The summed E-state index contributed by atoms with van der Waals surface area (Å²) in [6.07, 6.45) is -0.532. The molecule has 0 saturated carbocycles. The Morgan fingerprint density at radius 1 is 1.38 bits per heavy atom. The number of carbonyl (C=O) groups is 3. The molecule has 6 nitrogen and oxygen atoms in total. The minimum atomic E-state index is -1.29. The van der Waals surface area contributed by atoms with Crippen LogP contribution in [0.25, 0.3) is 0 Å². The van der Waals surface area contributed by atoms with Gasteiger partial charge in [-0.2, -0.15) is 0 Å². The van der Waals surface area contributed by atoms with Crippen molar-refractivity contribution in [1.82, 2.24) is 0 Å². The fraction of sp³-hybridized carbons (Fsp3) is 0.500. The van der Waals surface area contributed by atoms with Crippen molar-refractivity contribution in [2.45, 2.75) is 19.4 Å². The van der Waals surface area contributed by atoms with Crippen LogP contribution < -0.4 is 5.73 Å². The summed E-state index contributed by atoms with van der Waals surface area (Å²) in [5.41, 5.74) is 4.84. The van der Waals surface area contributed by atoms with Crippen molar-refractivity contribution < 1.29 is 24.6 Å². The Kier molecular flexibility index (Phi) is 8.61. The lowest BCUT2D eigenvalue weighted by molar-refractivity contribution is -0.144. The molecule has 1 atom stereocenters. The second kappa shape index (κ2) is 7.69. The summed E-state index contributed by atoms with van der Waals surface area (Å²) in [5, 5.41) is 16.0. The Bertz CT molecular complexity index is 201. The van der Waals surface area contributed by atoms with Gasteiger partial charge in [0.25, 0.3) is 0 Å². The van der Waals surface area contributed by atoms with Gasteiger partial charge < -0.3 is 15.9 Å². The number of aliphatic carboxylic acids is 2. The molecule has 0 heterocycles. The summed E-state index contributed by atoms with van der Waals surface area (Å²) < 4.78 is -0.0208. The van der Waals surface area contributed by atoms with Gasteiger partial charge in [-0.05, 0) is 15.9 Å². The maximum absolute atomic E-state index is 9.85. The summed E-state index contributed by atoms with van der Waals surface area (Å²) in [6.45, 7) is 1.44. The molecule has 0 spiro atoms. The molecule has 7 heteroatoms. The molecule has 0 amide bonds. The van der Waals surface area contributed by atoms with Gasteiger partial charge in [-0.3, -0.25) is 14.4 Å². The SMILES string of the molecule is CC(=O)Br.N[C@@H](CC(=O)O)C(=O)O. The first-order valence-electron chi connectivity index (χ1n) is 3.13. The minimum absolute atomic E-state index is 0.0208. The smallest absolute Gasteiger partial charge is 0.321 e. The monoisotopic (exact) mass is 255 g/mol. The van der Waals surface area contributed by atoms with Crippen LogP contribution in [0.1, 0.15) is 13.3 Å². The number of hydrogen-bond acceptors (Lipinski definition) is 4. The number of carboxylic acid groups (broad SMARTS) is 2. The Morgan fingerprint density at radius 2 is 1.69 bits per heavy atom. The molecule has 76 valence electrons. The van der Waals surface area contributed by atoms with Gasteiger partial charge in [-0.15, -0.1) is 0 Å². The van der Waals surface area contributed by atoms with E-state index in [0.29, 0.717) is 0 Å². The quantitative estimate of drug-likeness (QED) is 0.602. The van der Waals surface area contributed by atoms with E-state index in [1.807, 2.05) is 0 Å². The highest BCUT2D eigenvalue weighted by atomic mass is 79.9. The zero-order valence-electron chi connectivity index (χ0n) is 6.86. The van der Waals surface area contributed by atoms with Crippen LogP contribution in [0.2, 0.25) is 0 Å². The van der Waals surface area contributed by atoms with Crippen molar-refractivity contribution in [3.05, 3.63) is 0 Å². The van der Waals surface area contributed by atoms with Gasteiger partial charge in [0.15, 0.2) is 4.69 Å². The van der Waals surface area contributed by atoms with E-state index < -0.39 is 24.4 Å². The zero-order valence-corrected chi connectivity index (χ0v) is 8.44. The molecule has 0 unspecified atom stereocenters. The van der Waals surface area contributed by atoms with Crippen molar-refractivity contribution in [1.29, 1.82) is 0 Å². The molecule has 13 heavy (non-hydrogen) atoms. The number of carbonyl (C=O) groups excluding carboxylic acids is 1. The fourth-order valence-corrected chi connectivity index (χ4v) is 0.275. The zero-order chi connectivity index (χ0) is 11.0. The molecule has 0 fully saturated rings. The Hall–Kier alpha value is -0.950. The molecule has 0 bridgehead atoms. The maximum Gasteiger partial charge on any atom is 0.321 e. The molecule has 0 saturated heterocycles. The van der Waals surface area contributed by atoms with E-state index >= 15 is 0 Å². The molecule has 0 aliphatic heterocycles. The molecule has 0 radical (unpaired) electrons. The van der Waals surface area contributed by atoms with E-state index in [4.69, 9.17) is 15.9 Å². The molecule has 0 rings (SSSR count). The van der Waals surface area contributed by atoms with Crippen LogP contribution in [-0.2, 0) is 14.4 Å². The number of halogens is 1. The highest BCUT2D eigenvalue weighted by Gasteiger charge is 2.14. The van der Waals surface area contributed by atoms with Crippen molar-refractivity contribution >= 4 is 32.6 Å². The fourth-order valence-electron chi connectivity index (χ4n) is 0.275. The molecule has 0 aliphatic rings. The lowest BCUT2D eigenvalue weighted by Crippen LogP contribution is -2.32. The number of nitrogens with two attached hydrogens (primary N) is 1. The van der Waals surface area contributed by atoms with Gasteiger partial charge in [0.2, 0.25) is 0 Å². The van der Waals surface area contributed by atoms with Crippen LogP contribution in [0.5, 0.6) is 0 Å². The maximum atomic E-state index is 9.85. The molecule has 0 aromatic heterocycles. The van der Waals surface area contributed by atoms with Gasteiger partial charge in [-0.25, -0.2) is 0 Å². The standard InChI is InChI=1S/C4H7NO4.C2H3BrO/c5-2(4(8)9)1-3(6)7;1-2(3)4/h2H,1,5H2,(H,6,7)(H,8,9);1H3/t2-;/m0./s1. The molecular weight excluding hydrogens is 246 g/mol. The summed E-state index contributed by atoms with van der Waals surface area (Å²) in [5.74, 6) is -2.50. The molecule has 4 N–H and O–H groups in total. The van der Waals surface area contributed by atoms with Gasteiger partial charge in [-0.1, -0.05) is 0 Å². The van der Waals surface area contributed by atoms with Gasteiger partial charge in [0, 0.05) is 6.92 Å². The van der Waals surface area contributed by atoms with Crippen LogP contribution >= 0.6 is 15.9 Å². The summed E-state index contributed by atoms with van der Waals surface area (Å²) in [6, 6.07) is -1.29. The Balaban J connectivity index is 0. The first-order valence-corrected chi connectivity index (χ1v) is 3.93. The largest absolute Gasteiger partial charge is 0.481 e. The highest BCUT2D eigenvalue weighted by molar-refractivity contribution is 9.18. The lowest BCUT2D eigenvalue weighted by Gasteiger charge is -1.99. The van der Waals surface area contributed by atoms with Crippen LogP contribution in [0, 0.1) is 0 Å². The van der Waals surface area contributed by atoms with E-state index in [-0.39, 0.29) is 4.69 Å². The number of hydrogen-bond donors (Lipinski definition) is 3. The number of carboxylic acids is 2. The summed E-state index contributed by atoms with van der Waals surface area (Å²) in [7, 11) is 0. The average Bonchev–Trinajstić information content (AvgIpc) is 1.83. The third kappa shape index (κ3) is 18.2. The van der Waals surface area contributed by atoms with Crippen LogP contribution in [0.15, 0.2) is 0 Å². The van der Waals surface area contributed by atoms with Gasteiger partial charge in [0.1, 0.15) is 6.04 Å². The van der Waals surface area contributed by atoms with Crippen molar-refractivity contribution in [3.8, 4) is 0 Å². The van der Waals surface area contributed by atoms with E-state index in [0.717, 1.165) is 0 Å². The summed E-state index contributed by atoms with van der Waals surface area (Å²) in [4.78, 5) is 29.0. The van der Waals surface area contributed by atoms with Crippen LogP contribution in [0.3, 0.4) is 0 Å². The molecule has 0 aliphatic carbocycles. The normalized spacial score (nSPS) is 10.7. The van der Waals surface area contributed by atoms with Crippen LogP contribution in [-0.4, -0.2) is 32.9 Å². The first kappa shape index (κ1) is 14.6. The molecule has 0 aromatic rings. The predicted octanol–water partition coefficient (Wildman–Crippen LogP) is -0.199. The third-order valence-corrected chi connectivity index (χ3v) is 0.712. The molecular formula is C6H10BrNO5. The predicted molar refractivity (Wildman–Crippen MR) is 47.5 cm³/mol. The second-order valence-electron chi connectivity index (χ2n) is 2.01. The van der Waals surface area contributed by atoms with Crippen LogP contribution in [0.4, 0.5) is 0 Å². The van der Waals surface area contributed by atoms with Crippen molar-refractivity contribution in [2.24, 2.45) is 5.73 Å². The van der Waals surface area contributed by atoms with E-state index in [2.05, 4.69) is 15.9 Å². The van der Waals surface area contributed by atoms with E-state index in [9.17, 15) is 14.4 Å². The highest BCUT2D eigenvalue weighted by Crippen LogP contribution is 1.86. The van der Waals surface area contributed by atoms with E-state index in [1.54, 1.807) is 0 Å². The Morgan fingerprint density at radius 3 is 1.77 bits per heavy atom. The number of rotatable bonds is 3. The third-order valence-electron chi connectivity index (χ3n) is 0.712. The second-order valence-corrected chi connectivity index (χ2v) is 3.13. The summed E-state index contributed by atoms with van der Waals surface area (Å²) >= 11 is 2.63. The molecule has 0 aromatic carbocycles. The first-order chi connectivity index (χ1) is 5.77. The lowest BCUT2D eigenvalue weighted by atomic mass is 10.2. The van der Waals surface area contributed by atoms with Gasteiger partial charge >= 0.3 is 11.9 Å². The topological polar surface area (TPSA) is 118 Å². The van der Waals surface area contributed by atoms with Crippen molar-refractivity contribution in [3.63, 3.8) is 0 Å². The Labute approximate surface area is 82.9 Å².